The maximum Gasteiger partial charge on any atom is 0.298 e. The highest BCUT2D eigenvalue weighted by atomic mass is 35.5. The molecule has 4 rings (SSSR count). The summed E-state index contributed by atoms with van der Waals surface area (Å²) in [5.74, 6) is -1.05. The zero-order chi connectivity index (χ0) is 24.2. The Kier molecular flexibility index (Phi) is 7.21. The van der Waals surface area contributed by atoms with Crippen LogP contribution in [0.4, 0.5) is 20.6 Å². The van der Waals surface area contributed by atoms with Gasteiger partial charge in [0.2, 0.25) is 0 Å². The fourth-order valence-electron chi connectivity index (χ4n) is 3.05. The van der Waals surface area contributed by atoms with Gasteiger partial charge >= 0.3 is 0 Å². The van der Waals surface area contributed by atoms with Crippen molar-refractivity contribution in [2.45, 2.75) is 0 Å². The van der Waals surface area contributed by atoms with Gasteiger partial charge in [-0.2, -0.15) is 0 Å². The molecule has 0 aromatic heterocycles. The van der Waals surface area contributed by atoms with Crippen LogP contribution < -0.4 is 15.0 Å². The van der Waals surface area contributed by atoms with Crippen LogP contribution in [-0.2, 0) is 9.59 Å². The zero-order valence-corrected chi connectivity index (χ0v) is 19.6. The number of amides is 3. The van der Waals surface area contributed by atoms with Gasteiger partial charge in [-0.15, -0.1) is 0 Å². The van der Waals surface area contributed by atoms with E-state index >= 15 is 0 Å². The molecule has 1 fully saturated rings. The number of carbonyl (C=O) groups excluding carboxylic acids is 3. The SMILES string of the molecule is O=C(COc1ccc(/C=C2/SC(=O)N(c3cccc(Cl)c3)C2=O)cc1Cl)Nc1ccc(F)cc1. The molecule has 0 saturated carbocycles. The first-order valence-electron chi connectivity index (χ1n) is 9.81. The van der Waals surface area contributed by atoms with Gasteiger partial charge in [-0.25, -0.2) is 9.29 Å². The summed E-state index contributed by atoms with van der Waals surface area (Å²) in [6.45, 7) is -0.311. The van der Waals surface area contributed by atoms with E-state index in [-0.39, 0.29) is 22.3 Å². The number of nitrogens with zero attached hydrogens (tertiary/aromatic N) is 1. The van der Waals surface area contributed by atoms with Crippen LogP contribution >= 0.6 is 35.0 Å². The van der Waals surface area contributed by atoms with E-state index in [9.17, 15) is 18.8 Å². The Hall–Kier alpha value is -3.33. The fraction of sp³-hybridized carbons (Fsp3) is 0.0417. The van der Waals surface area contributed by atoms with Gasteiger partial charge in [0.1, 0.15) is 11.6 Å². The topological polar surface area (TPSA) is 75.7 Å². The average Bonchev–Trinajstić information content (AvgIpc) is 3.07. The summed E-state index contributed by atoms with van der Waals surface area (Å²) in [5, 5.41) is 2.78. The summed E-state index contributed by atoms with van der Waals surface area (Å²) < 4.78 is 18.4. The Labute approximate surface area is 208 Å². The number of carbonyl (C=O) groups is 3. The van der Waals surface area contributed by atoms with Crippen LogP contribution in [0.1, 0.15) is 5.56 Å². The first-order chi connectivity index (χ1) is 16.3. The Bertz CT molecular complexity index is 1310. The molecule has 1 N–H and O–H groups in total. The summed E-state index contributed by atoms with van der Waals surface area (Å²) in [7, 11) is 0. The Morgan fingerprint density at radius 2 is 1.82 bits per heavy atom. The van der Waals surface area contributed by atoms with Crippen molar-refractivity contribution in [2.75, 3.05) is 16.8 Å². The molecule has 1 aliphatic rings. The van der Waals surface area contributed by atoms with Crippen molar-refractivity contribution < 1.29 is 23.5 Å². The number of halogens is 3. The molecule has 3 aromatic carbocycles. The molecule has 0 unspecified atom stereocenters. The van der Waals surface area contributed by atoms with E-state index in [2.05, 4.69) is 5.32 Å². The average molecular weight is 517 g/mol. The van der Waals surface area contributed by atoms with Gasteiger partial charge in [0.25, 0.3) is 17.1 Å². The van der Waals surface area contributed by atoms with Gasteiger partial charge < -0.3 is 10.1 Å². The van der Waals surface area contributed by atoms with E-state index in [1.165, 1.54) is 30.3 Å². The van der Waals surface area contributed by atoms with Crippen LogP contribution in [0.3, 0.4) is 0 Å². The second kappa shape index (κ2) is 10.3. The predicted octanol–water partition coefficient (Wildman–Crippen LogP) is 6.39. The Balaban J connectivity index is 1.41. The van der Waals surface area contributed by atoms with E-state index in [0.29, 0.717) is 22.0 Å². The van der Waals surface area contributed by atoms with Crippen LogP contribution in [0.25, 0.3) is 6.08 Å². The van der Waals surface area contributed by atoms with Crippen molar-refractivity contribution >= 4 is 69.5 Å². The molecule has 1 saturated heterocycles. The molecule has 0 spiro atoms. The summed E-state index contributed by atoms with van der Waals surface area (Å²) in [5.41, 5.74) is 1.40. The molecule has 6 nitrogen and oxygen atoms in total. The third-order valence-corrected chi connectivity index (χ3v) is 6.00. The molecule has 34 heavy (non-hydrogen) atoms. The number of thioether (sulfide) groups is 1. The fourth-order valence-corrected chi connectivity index (χ4v) is 4.32. The van der Waals surface area contributed by atoms with Gasteiger partial charge in [0.05, 0.1) is 15.6 Å². The highest BCUT2D eigenvalue weighted by molar-refractivity contribution is 8.19. The first kappa shape index (κ1) is 23.8. The lowest BCUT2D eigenvalue weighted by molar-refractivity contribution is -0.118. The van der Waals surface area contributed by atoms with E-state index in [0.717, 1.165) is 16.7 Å². The third-order valence-electron chi connectivity index (χ3n) is 4.60. The van der Waals surface area contributed by atoms with Gasteiger partial charge in [-0.05, 0) is 78.0 Å². The number of nitrogens with one attached hydrogen (secondary N) is 1. The van der Waals surface area contributed by atoms with Crippen molar-refractivity contribution in [3.05, 3.63) is 93.1 Å². The predicted molar refractivity (Wildman–Crippen MR) is 132 cm³/mol. The second-order valence-electron chi connectivity index (χ2n) is 7.03. The standard InChI is InChI=1S/C24H15Cl2FN2O4S/c25-15-2-1-3-18(12-15)29-23(31)21(34-24(29)32)11-14-4-9-20(19(26)10-14)33-13-22(30)28-17-7-5-16(27)6-8-17/h1-12H,13H2,(H,28,30)/b21-11+. The van der Waals surface area contributed by atoms with E-state index in [1.54, 1.807) is 42.5 Å². The van der Waals surface area contributed by atoms with Crippen molar-refractivity contribution in [1.82, 2.24) is 0 Å². The van der Waals surface area contributed by atoms with Crippen molar-refractivity contribution in [3.63, 3.8) is 0 Å². The van der Waals surface area contributed by atoms with E-state index in [4.69, 9.17) is 27.9 Å². The van der Waals surface area contributed by atoms with Crippen LogP contribution in [0.2, 0.25) is 10.0 Å². The molecule has 1 aliphatic heterocycles. The summed E-state index contributed by atoms with van der Waals surface area (Å²) in [4.78, 5) is 38.5. The highest BCUT2D eigenvalue weighted by Crippen LogP contribution is 2.37. The highest BCUT2D eigenvalue weighted by Gasteiger charge is 2.36. The summed E-state index contributed by atoms with van der Waals surface area (Å²) in [6.07, 6.45) is 1.55. The number of hydrogen-bond donors (Lipinski definition) is 1. The van der Waals surface area contributed by atoms with Crippen molar-refractivity contribution in [3.8, 4) is 5.75 Å². The smallest absolute Gasteiger partial charge is 0.298 e. The van der Waals surface area contributed by atoms with Crippen LogP contribution in [0.15, 0.2) is 71.6 Å². The third kappa shape index (κ3) is 5.59. The van der Waals surface area contributed by atoms with Gasteiger partial charge in [-0.3, -0.25) is 14.4 Å². The number of anilines is 2. The zero-order valence-electron chi connectivity index (χ0n) is 17.3. The molecule has 0 radical (unpaired) electrons. The molecule has 0 aliphatic carbocycles. The maximum absolute atomic E-state index is 13.0. The van der Waals surface area contributed by atoms with Gasteiger partial charge in [0.15, 0.2) is 6.61 Å². The van der Waals surface area contributed by atoms with E-state index < -0.39 is 22.9 Å². The minimum Gasteiger partial charge on any atom is -0.482 e. The molecule has 1 heterocycles. The Morgan fingerprint density at radius 1 is 1.06 bits per heavy atom. The number of ether oxygens (including phenoxy) is 1. The lowest BCUT2D eigenvalue weighted by Gasteiger charge is -2.12. The molecular formula is C24H15Cl2FN2O4S. The molecular weight excluding hydrogens is 502 g/mol. The molecule has 172 valence electrons. The molecule has 3 aromatic rings. The van der Waals surface area contributed by atoms with Crippen molar-refractivity contribution in [1.29, 1.82) is 0 Å². The van der Waals surface area contributed by atoms with Crippen LogP contribution in [0, 0.1) is 5.82 Å². The quantitative estimate of drug-likeness (QED) is 0.384. The number of rotatable bonds is 6. The summed E-state index contributed by atoms with van der Waals surface area (Å²) >= 11 is 13.1. The van der Waals surface area contributed by atoms with Crippen LogP contribution in [-0.4, -0.2) is 23.7 Å². The largest absolute Gasteiger partial charge is 0.482 e. The van der Waals surface area contributed by atoms with Gasteiger partial charge in [-0.1, -0.05) is 35.3 Å². The first-order valence-corrected chi connectivity index (χ1v) is 11.4. The molecule has 0 bridgehead atoms. The molecule has 0 atom stereocenters. The van der Waals surface area contributed by atoms with Crippen molar-refractivity contribution in [2.24, 2.45) is 0 Å². The lowest BCUT2D eigenvalue weighted by Crippen LogP contribution is -2.27. The second-order valence-corrected chi connectivity index (χ2v) is 8.87. The monoisotopic (exact) mass is 516 g/mol. The Morgan fingerprint density at radius 3 is 2.53 bits per heavy atom. The van der Waals surface area contributed by atoms with E-state index in [1.807, 2.05) is 0 Å². The molecule has 10 heteroatoms. The minimum atomic E-state index is -0.467. The minimum absolute atomic E-state index is 0.220. The normalized spacial score (nSPS) is 14.6. The van der Waals surface area contributed by atoms with Crippen LogP contribution in [0.5, 0.6) is 5.75 Å². The maximum atomic E-state index is 13.0. The lowest BCUT2D eigenvalue weighted by atomic mass is 10.2. The number of benzene rings is 3. The number of hydrogen-bond acceptors (Lipinski definition) is 5. The summed E-state index contributed by atoms with van der Waals surface area (Å²) in [6, 6.07) is 16.6. The molecule has 3 amide bonds. The number of imide groups is 1. The van der Waals surface area contributed by atoms with Gasteiger partial charge in [0, 0.05) is 10.7 Å².